The van der Waals surface area contributed by atoms with Crippen molar-refractivity contribution in [1.29, 1.82) is 0 Å². The van der Waals surface area contributed by atoms with E-state index in [1.54, 1.807) is 0 Å². The highest BCUT2D eigenvalue weighted by Crippen LogP contribution is 2.21. The van der Waals surface area contributed by atoms with Crippen LogP contribution >= 0.6 is 0 Å². The number of methoxy groups -OCH3 is 1. The molecule has 0 heterocycles. The van der Waals surface area contributed by atoms with Crippen molar-refractivity contribution in [2.75, 3.05) is 19.0 Å². The first-order chi connectivity index (χ1) is 8.12. The minimum Gasteiger partial charge on any atom is -0.497 e. The van der Waals surface area contributed by atoms with E-state index in [0.29, 0.717) is 12.2 Å². The van der Waals surface area contributed by atoms with Gasteiger partial charge in [0.1, 0.15) is 11.6 Å². The highest BCUT2D eigenvalue weighted by Gasteiger charge is 2.16. The van der Waals surface area contributed by atoms with Crippen LogP contribution in [0.4, 0.5) is 10.1 Å². The Bertz CT molecular complexity index is 392. The average molecular weight is 240 g/mol. The van der Waals surface area contributed by atoms with Crippen molar-refractivity contribution in [3.05, 3.63) is 24.0 Å². The maximum Gasteiger partial charge on any atom is 0.228 e. The first kappa shape index (κ1) is 13.4. The molecule has 1 amide bonds. The van der Waals surface area contributed by atoms with Gasteiger partial charge in [0.15, 0.2) is 0 Å². The Morgan fingerprint density at radius 3 is 2.82 bits per heavy atom. The first-order valence-electron chi connectivity index (χ1n) is 5.46. The Balaban J connectivity index is 2.83. The molecule has 0 aliphatic heterocycles. The number of hydrogen-bond donors (Lipinski definition) is 2. The Morgan fingerprint density at radius 2 is 2.29 bits per heavy atom. The lowest BCUT2D eigenvalue weighted by Gasteiger charge is -2.13. The van der Waals surface area contributed by atoms with Gasteiger partial charge in [-0.1, -0.05) is 6.92 Å². The third-order valence-corrected chi connectivity index (χ3v) is 2.58. The fourth-order valence-corrected chi connectivity index (χ4v) is 1.42. The van der Waals surface area contributed by atoms with Gasteiger partial charge >= 0.3 is 0 Å². The van der Waals surface area contributed by atoms with E-state index in [1.165, 1.54) is 25.3 Å². The van der Waals surface area contributed by atoms with Crippen molar-refractivity contribution in [1.82, 2.24) is 0 Å². The van der Waals surface area contributed by atoms with E-state index < -0.39 is 5.82 Å². The second-order valence-corrected chi connectivity index (χ2v) is 3.68. The third-order valence-electron chi connectivity index (χ3n) is 2.58. The second kappa shape index (κ2) is 6.20. The number of carbonyl (C=O) groups excluding carboxylic acids is 1. The van der Waals surface area contributed by atoms with E-state index in [0.717, 1.165) is 0 Å². The highest BCUT2D eigenvalue weighted by molar-refractivity contribution is 5.93. The molecule has 0 aliphatic rings. The molecule has 0 spiro atoms. The lowest BCUT2D eigenvalue weighted by atomic mass is 10.1. The van der Waals surface area contributed by atoms with E-state index in [4.69, 9.17) is 10.5 Å². The molecule has 0 bridgehead atoms. The third kappa shape index (κ3) is 3.42. The van der Waals surface area contributed by atoms with Gasteiger partial charge in [0.25, 0.3) is 0 Å². The standard InChI is InChI=1S/C12H17FN2O2/c1-3-8(7-14)12(16)15-11-6-9(17-2)4-5-10(11)13/h4-6,8H,3,7,14H2,1-2H3,(H,15,16). The SMILES string of the molecule is CCC(CN)C(=O)Nc1cc(OC)ccc1F. The smallest absolute Gasteiger partial charge is 0.228 e. The van der Waals surface area contributed by atoms with Crippen molar-refractivity contribution in [2.24, 2.45) is 11.7 Å². The van der Waals surface area contributed by atoms with Crippen LogP contribution in [0.25, 0.3) is 0 Å². The lowest BCUT2D eigenvalue weighted by molar-refractivity contribution is -0.119. The molecule has 1 atom stereocenters. The molecule has 1 aromatic carbocycles. The van der Waals surface area contributed by atoms with Gasteiger partial charge in [0.2, 0.25) is 5.91 Å². The highest BCUT2D eigenvalue weighted by atomic mass is 19.1. The zero-order valence-electron chi connectivity index (χ0n) is 10.00. The molecular weight excluding hydrogens is 223 g/mol. The second-order valence-electron chi connectivity index (χ2n) is 3.68. The number of halogens is 1. The monoisotopic (exact) mass is 240 g/mol. The van der Waals surface area contributed by atoms with Crippen LogP contribution in [0.15, 0.2) is 18.2 Å². The molecule has 17 heavy (non-hydrogen) atoms. The first-order valence-corrected chi connectivity index (χ1v) is 5.46. The van der Waals surface area contributed by atoms with Gasteiger partial charge in [-0.15, -0.1) is 0 Å². The van der Waals surface area contributed by atoms with E-state index in [1.807, 2.05) is 6.92 Å². The molecule has 1 rings (SSSR count). The van der Waals surface area contributed by atoms with E-state index in [-0.39, 0.29) is 24.1 Å². The van der Waals surface area contributed by atoms with Gasteiger partial charge in [-0.3, -0.25) is 4.79 Å². The van der Waals surface area contributed by atoms with Gasteiger partial charge < -0.3 is 15.8 Å². The summed E-state index contributed by atoms with van der Waals surface area (Å²) in [5.41, 5.74) is 5.56. The summed E-state index contributed by atoms with van der Waals surface area (Å²) < 4.78 is 18.4. The van der Waals surface area contributed by atoms with Crippen LogP contribution in [0.3, 0.4) is 0 Å². The van der Waals surface area contributed by atoms with Gasteiger partial charge in [0, 0.05) is 12.6 Å². The van der Waals surface area contributed by atoms with Crippen molar-refractivity contribution in [3.8, 4) is 5.75 Å². The summed E-state index contributed by atoms with van der Waals surface area (Å²) in [5, 5.41) is 2.51. The van der Waals surface area contributed by atoms with Crippen LogP contribution in [0.2, 0.25) is 0 Å². The maximum atomic E-state index is 13.4. The predicted octanol–water partition coefficient (Wildman–Crippen LogP) is 1.76. The molecular formula is C12H17FN2O2. The predicted molar refractivity (Wildman–Crippen MR) is 64.4 cm³/mol. The van der Waals surface area contributed by atoms with E-state index in [2.05, 4.69) is 5.32 Å². The maximum absolute atomic E-state index is 13.4. The Hall–Kier alpha value is -1.62. The number of hydrogen-bond acceptors (Lipinski definition) is 3. The molecule has 4 nitrogen and oxygen atoms in total. The summed E-state index contributed by atoms with van der Waals surface area (Å²) in [6, 6.07) is 4.18. The van der Waals surface area contributed by atoms with Crippen LogP contribution < -0.4 is 15.8 Å². The number of anilines is 1. The van der Waals surface area contributed by atoms with Crippen molar-refractivity contribution in [3.63, 3.8) is 0 Å². The lowest BCUT2D eigenvalue weighted by Crippen LogP contribution is -2.28. The average Bonchev–Trinajstić information content (AvgIpc) is 2.33. The summed E-state index contributed by atoms with van der Waals surface area (Å²) in [6.45, 7) is 2.10. The molecule has 0 aliphatic carbocycles. The number of ether oxygens (including phenoxy) is 1. The van der Waals surface area contributed by atoms with E-state index in [9.17, 15) is 9.18 Å². The summed E-state index contributed by atoms with van der Waals surface area (Å²) in [6.07, 6.45) is 0.619. The Kier molecular flexibility index (Phi) is 4.90. The number of benzene rings is 1. The topological polar surface area (TPSA) is 64.4 Å². The number of carbonyl (C=O) groups is 1. The fraction of sp³-hybridized carbons (Fsp3) is 0.417. The minimum absolute atomic E-state index is 0.112. The summed E-state index contributed by atoms with van der Waals surface area (Å²) in [4.78, 5) is 11.7. The van der Waals surface area contributed by atoms with Crippen molar-refractivity contribution in [2.45, 2.75) is 13.3 Å². The van der Waals surface area contributed by atoms with Gasteiger partial charge in [0.05, 0.1) is 18.7 Å². The van der Waals surface area contributed by atoms with Crippen LogP contribution in [-0.4, -0.2) is 19.6 Å². The van der Waals surface area contributed by atoms with Gasteiger partial charge in [-0.25, -0.2) is 4.39 Å². The molecule has 94 valence electrons. The molecule has 1 aromatic rings. The summed E-state index contributed by atoms with van der Waals surface area (Å²) in [7, 11) is 1.48. The molecule has 0 fully saturated rings. The van der Waals surface area contributed by atoms with Crippen LogP contribution in [0.1, 0.15) is 13.3 Å². The van der Waals surface area contributed by atoms with Crippen LogP contribution in [0.5, 0.6) is 5.75 Å². The molecule has 0 saturated heterocycles. The van der Waals surface area contributed by atoms with Crippen LogP contribution in [0, 0.1) is 11.7 Å². The molecule has 5 heteroatoms. The Labute approximate surface area is 100.0 Å². The number of rotatable bonds is 5. The van der Waals surface area contributed by atoms with E-state index >= 15 is 0 Å². The summed E-state index contributed by atoms with van der Waals surface area (Å²) >= 11 is 0. The number of nitrogens with one attached hydrogen (secondary N) is 1. The molecule has 0 aromatic heterocycles. The van der Waals surface area contributed by atoms with Crippen molar-refractivity contribution >= 4 is 11.6 Å². The quantitative estimate of drug-likeness (QED) is 0.824. The fourth-order valence-electron chi connectivity index (χ4n) is 1.42. The minimum atomic E-state index is -0.494. The van der Waals surface area contributed by atoms with Crippen molar-refractivity contribution < 1.29 is 13.9 Å². The molecule has 3 N–H and O–H groups in total. The van der Waals surface area contributed by atoms with Gasteiger partial charge in [-0.2, -0.15) is 0 Å². The van der Waals surface area contributed by atoms with Gasteiger partial charge in [-0.05, 0) is 18.6 Å². The molecule has 0 saturated carbocycles. The molecule has 0 radical (unpaired) electrons. The normalized spacial score (nSPS) is 12.0. The summed E-state index contributed by atoms with van der Waals surface area (Å²) in [5.74, 6) is -0.587. The molecule has 1 unspecified atom stereocenters. The van der Waals surface area contributed by atoms with Crippen LogP contribution in [-0.2, 0) is 4.79 Å². The number of nitrogens with two attached hydrogens (primary N) is 1. The zero-order chi connectivity index (χ0) is 12.8. The Morgan fingerprint density at radius 1 is 1.59 bits per heavy atom. The zero-order valence-corrected chi connectivity index (χ0v) is 10.00. The largest absolute Gasteiger partial charge is 0.497 e. The number of amides is 1.